The van der Waals surface area contributed by atoms with E-state index in [-0.39, 0.29) is 16.7 Å². The van der Waals surface area contributed by atoms with Gasteiger partial charge in [-0.15, -0.1) is 0 Å². The minimum absolute atomic E-state index is 0.0238. The highest BCUT2D eigenvalue weighted by molar-refractivity contribution is 7.89. The quantitative estimate of drug-likeness (QED) is 0.614. The molecule has 0 bridgehead atoms. The van der Waals surface area contributed by atoms with Crippen LogP contribution in [0.4, 0.5) is 0 Å². The third-order valence-corrected chi connectivity index (χ3v) is 6.37. The van der Waals surface area contributed by atoms with Crippen molar-refractivity contribution < 1.29 is 13.2 Å². The predicted molar refractivity (Wildman–Crippen MR) is 109 cm³/mol. The molecule has 0 aliphatic rings. The van der Waals surface area contributed by atoms with Gasteiger partial charge in [-0.25, -0.2) is 8.42 Å². The van der Waals surface area contributed by atoms with Gasteiger partial charge in [-0.1, -0.05) is 49.7 Å². The Morgan fingerprint density at radius 1 is 1.11 bits per heavy atom. The number of aromatic nitrogens is 2. The Bertz CT molecular complexity index is 1080. The minimum Gasteiger partial charge on any atom is -0.351 e. The van der Waals surface area contributed by atoms with Crippen LogP contribution in [0.25, 0.3) is 11.0 Å². The van der Waals surface area contributed by atoms with Crippen LogP contribution in [0.3, 0.4) is 0 Å². The fourth-order valence-electron chi connectivity index (χ4n) is 2.73. The molecule has 1 heterocycles. The molecule has 1 aromatic heterocycles. The number of nitrogens with zero attached hydrogens (tertiary/aromatic N) is 2. The minimum atomic E-state index is -3.94. The summed E-state index contributed by atoms with van der Waals surface area (Å²) >= 11 is 0.950. The number of hydrogen-bond donors (Lipinski definition) is 2. The molecule has 3 rings (SSSR count). The van der Waals surface area contributed by atoms with Gasteiger partial charge in [0.2, 0.25) is 15.9 Å². The largest absolute Gasteiger partial charge is 0.351 e. The molecule has 0 saturated carbocycles. The fourth-order valence-corrected chi connectivity index (χ4v) is 4.84. The molecule has 1 atom stereocenters. The lowest BCUT2D eigenvalue weighted by molar-refractivity contribution is -0.123. The molecule has 0 unspecified atom stereocenters. The van der Waals surface area contributed by atoms with Crippen molar-refractivity contribution in [2.75, 3.05) is 0 Å². The van der Waals surface area contributed by atoms with E-state index in [4.69, 9.17) is 0 Å². The summed E-state index contributed by atoms with van der Waals surface area (Å²) in [6.45, 7) is 5.91. The van der Waals surface area contributed by atoms with Gasteiger partial charge in [-0.2, -0.15) is 13.5 Å². The Hall–Kier alpha value is -2.36. The number of rotatable bonds is 7. The smallest absolute Gasteiger partial charge is 0.243 e. The van der Waals surface area contributed by atoms with Gasteiger partial charge in [0, 0.05) is 6.54 Å². The highest BCUT2D eigenvalue weighted by Crippen LogP contribution is 2.22. The first-order chi connectivity index (χ1) is 13.3. The van der Waals surface area contributed by atoms with E-state index in [1.54, 1.807) is 26.0 Å². The molecule has 0 radical (unpaired) electrons. The molecule has 1 amide bonds. The topological polar surface area (TPSA) is 101 Å². The van der Waals surface area contributed by atoms with E-state index in [2.05, 4.69) is 18.8 Å². The van der Waals surface area contributed by atoms with Crippen molar-refractivity contribution in [3.05, 3.63) is 53.6 Å². The van der Waals surface area contributed by atoms with E-state index in [1.807, 2.05) is 31.2 Å². The van der Waals surface area contributed by atoms with Crippen molar-refractivity contribution in [3.8, 4) is 0 Å². The summed E-state index contributed by atoms with van der Waals surface area (Å²) in [7, 11) is -3.94. The zero-order valence-electron chi connectivity index (χ0n) is 15.8. The van der Waals surface area contributed by atoms with Gasteiger partial charge < -0.3 is 5.32 Å². The van der Waals surface area contributed by atoms with E-state index in [0.29, 0.717) is 17.6 Å². The molecule has 3 aromatic rings. The maximum Gasteiger partial charge on any atom is 0.243 e. The number of carbonyl (C=O) groups excluding carboxylic acids is 1. The molecule has 0 saturated heterocycles. The molecule has 0 aliphatic heterocycles. The molecule has 0 aliphatic carbocycles. The summed E-state index contributed by atoms with van der Waals surface area (Å²) in [4.78, 5) is 12.7. The highest BCUT2D eigenvalue weighted by Gasteiger charge is 2.29. The monoisotopic (exact) mass is 418 g/mol. The Balaban J connectivity index is 1.77. The zero-order chi connectivity index (χ0) is 20.3. The van der Waals surface area contributed by atoms with Crippen LogP contribution in [0.1, 0.15) is 25.0 Å². The Labute approximate surface area is 168 Å². The second-order valence-corrected chi connectivity index (χ2v) is 9.15. The van der Waals surface area contributed by atoms with Crippen LogP contribution in [0.15, 0.2) is 47.4 Å². The number of nitrogens with one attached hydrogen (secondary N) is 2. The lowest BCUT2D eigenvalue weighted by atomic mass is 10.0. The van der Waals surface area contributed by atoms with E-state index in [0.717, 1.165) is 22.9 Å². The van der Waals surface area contributed by atoms with Crippen LogP contribution < -0.4 is 10.0 Å². The maximum atomic E-state index is 12.9. The average molecular weight is 419 g/mol. The fraction of sp³-hybridized carbons (Fsp3) is 0.316. The molecule has 28 heavy (non-hydrogen) atoms. The third kappa shape index (κ3) is 4.54. The second kappa shape index (κ2) is 8.34. The molecule has 0 spiro atoms. The second-order valence-electron chi connectivity index (χ2n) is 6.93. The van der Waals surface area contributed by atoms with Gasteiger partial charge in [-0.3, -0.25) is 4.79 Å². The van der Waals surface area contributed by atoms with Gasteiger partial charge in [0.05, 0.1) is 11.7 Å². The molecule has 9 heteroatoms. The third-order valence-electron chi connectivity index (χ3n) is 4.36. The summed E-state index contributed by atoms with van der Waals surface area (Å²) in [6.07, 6.45) is 0. The van der Waals surface area contributed by atoms with Crippen molar-refractivity contribution in [2.24, 2.45) is 5.92 Å². The molecule has 2 aromatic carbocycles. The SMILES string of the molecule is Cc1ccc(CNC(=O)[C@@H](NS(=O)(=O)c2cccc3nsnc23)C(C)C)cc1. The molecule has 0 fully saturated rings. The molecule has 7 nitrogen and oxygen atoms in total. The normalized spacial score (nSPS) is 13.0. The van der Waals surface area contributed by atoms with Crippen molar-refractivity contribution in [2.45, 2.75) is 38.3 Å². The van der Waals surface area contributed by atoms with E-state index in [9.17, 15) is 13.2 Å². The lowest BCUT2D eigenvalue weighted by Crippen LogP contribution is -2.49. The predicted octanol–water partition coefficient (Wildman–Crippen LogP) is 2.62. The first-order valence-corrected chi connectivity index (χ1v) is 11.1. The van der Waals surface area contributed by atoms with Gasteiger partial charge >= 0.3 is 0 Å². The van der Waals surface area contributed by atoms with Crippen LogP contribution in [-0.4, -0.2) is 29.1 Å². The van der Waals surface area contributed by atoms with E-state index < -0.39 is 16.1 Å². The first kappa shape index (κ1) is 20.4. The van der Waals surface area contributed by atoms with Crippen LogP contribution in [0.5, 0.6) is 0 Å². The van der Waals surface area contributed by atoms with E-state index in [1.165, 1.54) is 6.07 Å². The molecule has 148 valence electrons. The van der Waals surface area contributed by atoms with Gasteiger partial charge in [0.15, 0.2) is 0 Å². The van der Waals surface area contributed by atoms with Crippen LogP contribution >= 0.6 is 11.7 Å². The number of sulfonamides is 1. The number of aryl methyl sites for hydroxylation is 1. The van der Waals surface area contributed by atoms with Gasteiger partial charge in [0.1, 0.15) is 22.0 Å². The number of hydrogen-bond acceptors (Lipinski definition) is 6. The Morgan fingerprint density at radius 2 is 1.82 bits per heavy atom. The lowest BCUT2D eigenvalue weighted by Gasteiger charge is -2.21. The summed E-state index contributed by atoms with van der Waals surface area (Å²) < 4.78 is 36.5. The molecule has 2 N–H and O–H groups in total. The first-order valence-electron chi connectivity index (χ1n) is 8.85. The van der Waals surface area contributed by atoms with Gasteiger partial charge in [-0.05, 0) is 30.5 Å². The summed E-state index contributed by atoms with van der Waals surface area (Å²) in [5, 5.41) is 2.81. The van der Waals surface area contributed by atoms with Crippen molar-refractivity contribution in [3.63, 3.8) is 0 Å². The summed E-state index contributed by atoms with van der Waals surface area (Å²) in [6, 6.07) is 11.7. The number of amides is 1. The number of carbonyl (C=O) groups is 1. The molecular formula is C19H22N4O3S2. The maximum absolute atomic E-state index is 12.9. The van der Waals surface area contributed by atoms with Crippen molar-refractivity contribution in [1.82, 2.24) is 18.8 Å². The van der Waals surface area contributed by atoms with Crippen molar-refractivity contribution >= 4 is 38.7 Å². The number of fused-ring (bicyclic) bond motifs is 1. The van der Waals surface area contributed by atoms with Gasteiger partial charge in [0.25, 0.3) is 0 Å². The van der Waals surface area contributed by atoms with Crippen LogP contribution in [0.2, 0.25) is 0 Å². The van der Waals surface area contributed by atoms with Crippen LogP contribution in [-0.2, 0) is 21.4 Å². The molecular weight excluding hydrogens is 396 g/mol. The number of benzene rings is 2. The van der Waals surface area contributed by atoms with Crippen molar-refractivity contribution in [1.29, 1.82) is 0 Å². The standard InChI is InChI=1S/C19H22N4O3S2/c1-12(2)17(19(24)20-11-14-9-7-13(3)8-10-14)23-28(25,26)16-6-4-5-15-18(16)22-27-21-15/h4-10,12,17,23H,11H2,1-3H3,(H,20,24)/t17-/m0/s1. The average Bonchev–Trinajstić information content (AvgIpc) is 3.14. The Kier molecular flexibility index (Phi) is 6.07. The zero-order valence-corrected chi connectivity index (χ0v) is 17.5. The summed E-state index contributed by atoms with van der Waals surface area (Å²) in [5.41, 5.74) is 2.90. The summed E-state index contributed by atoms with van der Waals surface area (Å²) in [5.74, 6) is -0.608. The highest BCUT2D eigenvalue weighted by atomic mass is 32.2. The Morgan fingerprint density at radius 3 is 2.50 bits per heavy atom. The van der Waals surface area contributed by atoms with Crippen LogP contribution in [0, 0.1) is 12.8 Å². The van der Waals surface area contributed by atoms with E-state index >= 15 is 0 Å².